The Labute approximate surface area is 216 Å². The van der Waals surface area contributed by atoms with Gasteiger partial charge in [-0.25, -0.2) is 0 Å². The highest BCUT2D eigenvalue weighted by Gasteiger charge is 2.41. The third-order valence-electron chi connectivity index (χ3n) is 6.46. The summed E-state index contributed by atoms with van der Waals surface area (Å²) in [6.07, 6.45) is 8.57. The van der Waals surface area contributed by atoms with Crippen LogP contribution in [0.4, 0.5) is 5.69 Å². The fourth-order valence-corrected chi connectivity index (χ4v) is 5.05. The first kappa shape index (κ1) is 23.7. The summed E-state index contributed by atoms with van der Waals surface area (Å²) in [6, 6.07) is 21.5. The van der Waals surface area contributed by atoms with Crippen LogP contribution in [-0.4, -0.2) is 37.0 Å². The summed E-state index contributed by atoms with van der Waals surface area (Å²) in [6.45, 7) is 2.55. The monoisotopic (exact) mass is 496 g/mol. The van der Waals surface area contributed by atoms with Gasteiger partial charge in [0.1, 0.15) is 0 Å². The van der Waals surface area contributed by atoms with Gasteiger partial charge in [-0.05, 0) is 66.7 Å². The Bertz CT molecular complexity index is 1340. The average Bonchev–Trinajstić information content (AvgIpc) is 3.53. The minimum Gasteiger partial charge on any atom is -0.352 e. The summed E-state index contributed by atoms with van der Waals surface area (Å²) in [5, 5.41) is 7.15. The molecule has 1 saturated heterocycles. The van der Waals surface area contributed by atoms with Crippen molar-refractivity contribution >= 4 is 28.9 Å². The van der Waals surface area contributed by atoms with Gasteiger partial charge in [0, 0.05) is 42.9 Å². The van der Waals surface area contributed by atoms with Gasteiger partial charge in [0.05, 0.1) is 29.7 Å². The quantitative estimate of drug-likeness (QED) is 0.340. The minimum atomic E-state index is -0.159. The smallest absolute Gasteiger partial charge is 0.226 e. The van der Waals surface area contributed by atoms with Gasteiger partial charge >= 0.3 is 0 Å². The third kappa shape index (κ3) is 4.85. The van der Waals surface area contributed by atoms with Crippen LogP contribution in [0.25, 0.3) is 5.69 Å². The van der Waals surface area contributed by atoms with Crippen molar-refractivity contribution in [2.75, 3.05) is 11.9 Å². The van der Waals surface area contributed by atoms with Gasteiger partial charge in [0.2, 0.25) is 5.91 Å². The predicted molar refractivity (Wildman–Crippen MR) is 145 cm³/mol. The van der Waals surface area contributed by atoms with Crippen LogP contribution < -0.4 is 10.6 Å². The number of carbonyl (C=O) groups excluding carboxylic acids is 1. The summed E-state index contributed by atoms with van der Waals surface area (Å²) in [7, 11) is 0. The highest BCUT2D eigenvalue weighted by Crippen LogP contribution is 2.39. The number of hydrogen-bond donors (Lipinski definition) is 2. The van der Waals surface area contributed by atoms with E-state index in [2.05, 4.69) is 43.1 Å². The van der Waals surface area contributed by atoms with E-state index >= 15 is 0 Å². The highest BCUT2D eigenvalue weighted by molar-refractivity contribution is 7.80. The van der Waals surface area contributed by atoms with Crippen LogP contribution in [0.3, 0.4) is 0 Å². The van der Waals surface area contributed by atoms with E-state index in [0.717, 1.165) is 34.7 Å². The van der Waals surface area contributed by atoms with Crippen molar-refractivity contribution in [3.8, 4) is 5.69 Å². The summed E-state index contributed by atoms with van der Waals surface area (Å²) in [5.41, 5.74) is 4.88. The van der Waals surface area contributed by atoms with E-state index in [4.69, 9.17) is 12.2 Å². The molecule has 1 amide bonds. The van der Waals surface area contributed by atoms with Gasteiger partial charge in [-0.2, -0.15) is 0 Å². The second-order valence-corrected chi connectivity index (χ2v) is 9.03. The van der Waals surface area contributed by atoms with Gasteiger partial charge in [-0.1, -0.05) is 31.2 Å². The molecule has 1 fully saturated rings. The van der Waals surface area contributed by atoms with E-state index in [0.29, 0.717) is 18.1 Å². The summed E-state index contributed by atoms with van der Waals surface area (Å²) >= 11 is 5.78. The zero-order valence-electron chi connectivity index (χ0n) is 20.0. The number of benzene rings is 1. The Kier molecular flexibility index (Phi) is 7.04. The molecule has 3 aromatic heterocycles. The normalized spacial score (nSPS) is 17.1. The van der Waals surface area contributed by atoms with Gasteiger partial charge in [0.15, 0.2) is 5.11 Å². The highest BCUT2D eigenvalue weighted by atomic mass is 32.1. The lowest BCUT2D eigenvalue weighted by atomic mass is 10.0. The van der Waals surface area contributed by atoms with E-state index in [-0.39, 0.29) is 18.0 Å². The Morgan fingerprint density at radius 3 is 2.69 bits per heavy atom. The lowest BCUT2D eigenvalue weighted by molar-refractivity contribution is -0.116. The van der Waals surface area contributed by atoms with Crippen LogP contribution in [0.5, 0.6) is 0 Å². The number of thiocarbonyl (C=S) groups is 1. The summed E-state index contributed by atoms with van der Waals surface area (Å²) in [5.74, 6) is -0.0404. The largest absolute Gasteiger partial charge is 0.352 e. The maximum atomic E-state index is 12.9. The molecule has 4 heterocycles. The molecule has 2 N–H and O–H groups in total. The van der Waals surface area contributed by atoms with Gasteiger partial charge < -0.3 is 20.1 Å². The summed E-state index contributed by atoms with van der Waals surface area (Å²) in [4.78, 5) is 24.0. The van der Waals surface area contributed by atoms with Gasteiger partial charge in [-0.15, -0.1) is 0 Å². The second kappa shape index (κ2) is 10.7. The van der Waals surface area contributed by atoms with Gasteiger partial charge in [0.25, 0.3) is 0 Å². The molecule has 36 heavy (non-hydrogen) atoms. The minimum absolute atomic E-state index is 0.0404. The number of anilines is 1. The van der Waals surface area contributed by atoms with E-state index in [1.165, 1.54) is 0 Å². The first-order valence-corrected chi connectivity index (χ1v) is 12.5. The van der Waals surface area contributed by atoms with Gasteiger partial charge in [-0.3, -0.25) is 14.8 Å². The van der Waals surface area contributed by atoms with E-state index < -0.39 is 0 Å². The Hall–Kier alpha value is -4.04. The maximum Gasteiger partial charge on any atom is 0.226 e. The molecule has 4 aromatic rings. The molecule has 8 heteroatoms. The number of pyridine rings is 2. The number of rotatable bonds is 8. The van der Waals surface area contributed by atoms with Crippen molar-refractivity contribution in [3.05, 3.63) is 108 Å². The predicted octanol–water partition coefficient (Wildman–Crippen LogP) is 4.83. The van der Waals surface area contributed by atoms with Crippen LogP contribution in [-0.2, 0) is 11.2 Å². The van der Waals surface area contributed by atoms with Crippen LogP contribution in [0.1, 0.15) is 42.4 Å². The fourth-order valence-electron chi connectivity index (χ4n) is 4.72. The van der Waals surface area contributed by atoms with E-state index in [1.807, 2.05) is 73.1 Å². The van der Waals surface area contributed by atoms with E-state index in [1.54, 1.807) is 12.4 Å². The number of nitrogens with zero attached hydrogens (tertiary/aromatic N) is 4. The molecule has 182 valence electrons. The SMILES string of the molecule is CCc1ccccc1NC(=O)CCN1C(=S)N[C@@H](c2ccccn2)[C@@H]1c1cccn1-c1cccnc1. The third-order valence-corrected chi connectivity index (χ3v) is 6.81. The molecule has 1 aliphatic rings. The molecule has 2 atom stereocenters. The van der Waals surface area contributed by atoms with Crippen molar-refractivity contribution in [1.82, 2.24) is 24.8 Å². The molecule has 0 spiro atoms. The van der Waals surface area contributed by atoms with Crippen LogP contribution in [0.15, 0.2) is 91.5 Å². The molecule has 1 aliphatic heterocycles. The van der Waals surface area contributed by atoms with Crippen molar-refractivity contribution < 1.29 is 4.79 Å². The van der Waals surface area contributed by atoms with Crippen molar-refractivity contribution in [2.45, 2.75) is 31.8 Å². The number of nitrogens with one attached hydrogen (secondary N) is 2. The van der Waals surface area contributed by atoms with E-state index in [9.17, 15) is 4.79 Å². The Balaban J connectivity index is 1.43. The molecule has 0 unspecified atom stereocenters. The molecule has 0 radical (unpaired) electrons. The van der Waals surface area contributed by atoms with Crippen molar-refractivity contribution in [2.24, 2.45) is 0 Å². The molecule has 0 bridgehead atoms. The number of carbonyl (C=O) groups is 1. The lowest BCUT2D eigenvalue weighted by Gasteiger charge is -2.28. The zero-order valence-corrected chi connectivity index (χ0v) is 20.9. The molecule has 0 aliphatic carbocycles. The zero-order chi connectivity index (χ0) is 24.9. The molecule has 1 aromatic carbocycles. The van der Waals surface area contributed by atoms with Crippen molar-refractivity contribution in [1.29, 1.82) is 0 Å². The number of aromatic nitrogens is 3. The maximum absolute atomic E-state index is 12.9. The molecular weight excluding hydrogens is 468 g/mol. The topological polar surface area (TPSA) is 75.1 Å². The Morgan fingerprint density at radius 1 is 1.06 bits per heavy atom. The molecule has 7 nitrogen and oxygen atoms in total. The number of amides is 1. The van der Waals surface area contributed by atoms with Crippen molar-refractivity contribution in [3.63, 3.8) is 0 Å². The average molecular weight is 497 g/mol. The summed E-state index contributed by atoms with van der Waals surface area (Å²) < 4.78 is 2.12. The Morgan fingerprint density at radius 2 is 1.92 bits per heavy atom. The molecular formula is C28H28N6OS. The van der Waals surface area contributed by atoms with Crippen LogP contribution in [0.2, 0.25) is 0 Å². The molecule has 5 rings (SSSR count). The molecule has 0 saturated carbocycles. The number of hydrogen-bond acceptors (Lipinski definition) is 4. The standard InChI is InChI=1S/C28H28N6OS/c1-2-20-9-3-4-11-22(20)31-25(35)14-18-34-27(26(32-28(34)36)23-12-5-6-16-30-23)24-13-8-17-33(24)21-10-7-15-29-19-21/h3-13,15-17,19,26-27H,2,14,18H2,1H3,(H,31,35)(H,32,36)/t26-,27-/m0/s1. The first-order valence-electron chi connectivity index (χ1n) is 12.1. The van der Waals surface area contributed by atoms with Crippen LogP contribution in [0, 0.1) is 0 Å². The van der Waals surface area contributed by atoms with Crippen LogP contribution >= 0.6 is 12.2 Å². The lowest BCUT2D eigenvalue weighted by Crippen LogP contribution is -2.33. The second-order valence-electron chi connectivity index (χ2n) is 8.64. The fraction of sp³-hybridized carbons (Fsp3) is 0.214. The number of para-hydroxylation sites is 1. The number of aryl methyl sites for hydroxylation is 1. The first-order chi connectivity index (χ1) is 17.7.